The molecule has 0 fully saturated rings. The molecular weight excluding hydrogens is 444 g/mol. The molecule has 3 aromatic carbocycles. The highest BCUT2D eigenvalue weighted by molar-refractivity contribution is 7.99. The highest BCUT2D eigenvalue weighted by atomic mass is 35.5. The van der Waals surface area contributed by atoms with E-state index in [2.05, 4.69) is 15.5 Å². The van der Waals surface area contributed by atoms with Crippen molar-refractivity contribution in [3.05, 3.63) is 95.3 Å². The molecule has 1 heterocycles. The molecule has 0 saturated carbocycles. The van der Waals surface area contributed by atoms with Gasteiger partial charge in [-0.05, 0) is 61.0 Å². The van der Waals surface area contributed by atoms with Gasteiger partial charge in [-0.1, -0.05) is 53.7 Å². The summed E-state index contributed by atoms with van der Waals surface area (Å²) in [6.45, 7) is 2.22. The van der Waals surface area contributed by atoms with E-state index in [1.807, 2.05) is 78.2 Å². The number of anilines is 1. The normalized spacial score (nSPS) is 10.7. The first-order valence-electron chi connectivity index (χ1n) is 9.96. The summed E-state index contributed by atoms with van der Waals surface area (Å²) < 4.78 is 7.75. The molecule has 6 nitrogen and oxygen atoms in total. The molecule has 0 aliphatic rings. The predicted molar refractivity (Wildman–Crippen MR) is 128 cm³/mol. The lowest BCUT2D eigenvalue weighted by molar-refractivity contribution is -0.113. The maximum Gasteiger partial charge on any atom is 0.234 e. The fourth-order valence-corrected chi connectivity index (χ4v) is 3.95. The number of hydrogen-bond acceptors (Lipinski definition) is 5. The van der Waals surface area contributed by atoms with Gasteiger partial charge in [-0.15, -0.1) is 10.2 Å². The van der Waals surface area contributed by atoms with Gasteiger partial charge in [0.1, 0.15) is 12.4 Å². The van der Waals surface area contributed by atoms with Gasteiger partial charge in [0.15, 0.2) is 11.0 Å². The number of carbonyl (C=O) groups is 1. The van der Waals surface area contributed by atoms with Crippen LogP contribution in [0.25, 0.3) is 5.69 Å². The molecule has 0 radical (unpaired) electrons. The Bertz CT molecular complexity index is 1200. The second-order valence-electron chi connectivity index (χ2n) is 7.02. The molecule has 1 aromatic heterocycles. The molecule has 32 heavy (non-hydrogen) atoms. The van der Waals surface area contributed by atoms with E-state index in [-0.39, 0.29) is 18.3 Å². The van der Waals surface area contributed by atoms with Crippen molar-refractivity contribution in [3.63, 3.8) is 0 Å². The summed E-state index contributed by atoms with van der Waals surface area (Å²) in [5, 5.41) is 12.8. The van der Waals surface area contributed by atoms with Crippen molar-refractivity contribution in [1.29, 1.82) is 0 Å². The molecule has 0 spiro atoms. The third-order valence-electron chi connectivity index (χ3n) is 4.53. The largest absolute Gasteiger partial charge is 0.486 e. The fraction of sp³-hybridized carbons (Fsp3) is 0.125. The monoisotopic (exact) mass is 464 g/mol. The molecule has 0 saturated heterocycles. The molecule has 0 bridgehead atoms. The number of hydrogen-bond donors (Lipinski definition) is 1. The van der Waals surface area contributed by atoms with Crippen LogP contribution in [0.3, 0.4) is 0 Å². The molecule has 0 aliphatic carbocycles. The van der Waals surface area contributed by atoms with Gasteiger partial charge in [0, 0.05) is 16.4 Å². The van der Waals surface area contributed by atoms with Gasteiger partial charge < -0.3 is 10.1 Å². The SMILES string of the molecule is Cc1cccc(NC(=O)CSc2nnc(COc3ccccc3)n2-c2ccc(Cl)cc2)c1. The number of carbonyl (C=O) groups excluding carboxylic acids is 1. The van der Waals surface area contributed by atoms with Crippen molar-refractivity contribution in [2.24, 2.45) is 0 Å². The lowest BCUT2D eigenvalue weighted by atomic mass is 10.2. The average molecular weight is 465 g/mol. The lowest BCUT2D eigenvalue weighted by Crippen LogP contribution is -2.15. The van der Waals surface area contributed by atoms with E-state index in [0.29, 0.717) is 16.0 Å². The molecule has 162 valence electrons. The van der Waals surface area contributed by atoms with Crippen LogP contribution in [0.15, 0.2) is 84.0 Å². The zero-order valence-electron chi connectivity index (χ0n) is 17.4. The van der Waals surface area contributed by atoms with Gasteiger partial charge in [-0.3, -0.25) is 9.36 Å². The number of halogens is 1. The zero-order chi connectivity index (χ0) is 22.3. The number of nitrogens with zero attached hydrogens (tertiary/aromatic N) is 3. The van der Waals surface area contributed by atoms with Gasteiger partial charge in [0.25, 0.3) is 0 Å². The lowest BCUT2D eigenvalue weighted by Gasteiger charge is -2.11. The molecule has 4 aromatic rings. The fourth-order valence-electron chi connectivity index (χ4n) is 3.05. The van der Waals surface area contributed by atoms with E-state index < -0.39 is 0 Å². The average Bonchev–Trinajstić information content (AvgIpc) is 3.20. The number of rotatable bonds is 8. The molecular formula is C24H21ClN4O2S. The van der Waals surface area contributed by atoms with Crippen LogP contribution in [0.5, 0.6) is 5.75 Å². The Morgan fingerprint density at radius 1 is 1.03 bits per heavy atom. The number of ether oxygens (including phenoxy) is 1. The molecule has 0 aliphatic heterocycles. The van der Waals surface area contributed by atoms with Crippen LogP contribution < -0.4 is 10.1 Å². The highest BCUT2D eigenvalue weighted by Crippen LogP contribution is 2.24. The number of nitrogens with one attached hydrogen (secondary N) is 1. The summed E-state index contributed by atoms with van der Waals surface area (Å²) >= 11 is 7.37. The van der Waals surface area contributed by atoms with Gasteiger partial charge in [-0.25, -0.2) is 0 Å². The Kier molecular flexibility index (Phi) is 7.09. The van der Waals surface area contributed by atoms with Crippen LogP contribution in [0.2, 0.25) is 5.02 Å². The maximum atomic E-state index is 12.5. The van der Waals surface area contributed by atoms with E-state index >= 15 is 0 Å². The van der Waals surface area contributed by atoms with Crippen LogP contribution >= 0.6 is 23.4 Å². The van der Waals surface area contributed by atoms with E-state index in [0.717, 1.165) is 22.7 Å². The summed E-state index contributed by atoms with van der Waals surface area (Å²) in [4.78, 5) is 12.5. The number of benzene rings is 3. The third-order valence-corrected chi connectivity index (χ3v) is 5.71. The van der Waals surface area contributed by atoms with Crippen molar-refractivity contribution >= 4 is 35.0 Å². The Labute approximate surface area is 195 Å². The van der Waals surface area contributed by atoms with Gasteiger partial charge in [-0.2, -0.15) is 0 Å². The summed E-state index contributed by atoms with van der Waals surface area (Å²) in [5.74, 6) is 1.44. The minimum Gasteiger partial charge on any atom is -0.486 e. The minimum atomic E-state index is -0.117. The highest BCUT2D eigenvalue weighted by Gasteiger charge is 2.17. The quantitative estimate of drug-likeness (QED) is 0.347. The van der Waals surface area contributed by atoms with Crippen LogP contribution in [0, 0.1) is 6.92 Å². The van der Waals surface area contributed by atoms with Crippen LogP contribution in [0.4, 0.5) is 5.69 Å². The first-order valence-corrected chi connectivity index (χ1v) is 11.3. The maximum absolute atomic E-state index is 12.5. The van der Waals surface area contributed by atoms with Crippen LogP contribution in [0.1, 0.15) is 11.4 Å². The minimum absolute atomic E-state index is 0.117. The smallest absolute Gasteiger partial charge is 0.234 e. The number of amides is 1. The second kappa shape index (κ2) is 10.3. The number of para-hydroxylation sites is 1. The number of aromatic nitrogens is 3. The van der Waals surface area contributed by atoms with Crippen molar-refractivity contribution in [2.75, 3.05) is 11.1 Å². The van der Waals surface area contributed by atoms with Crippen molar-refractivity contribution < 1.29 is 9.53 Å². The van der Waals surface area contributed by atoms with E-state index in [1.54, 1.807) is 12.1 Å². The molecule has 8 heteroatoms. The zero-order valence-corrected chi connectivity index (χ0v) is 18.9. The summed E-state index contributed by atoms with van der Waals surface area (Å²) in [6, 6.07) is 24.6. The Morgan fingerprint density at radius 2 is 1.81 bits per heavy atom. The van der Waals surface area contributed by atoms with Crippen LogP contribution in [-0.4, -0.2) is 26.4 Å². The van der Waals surface area contributed by atoms with Crippen molar-refractivity contribution in [2.45, 2.75) is 18.7 Å². The predicted octanol–water partition coefficient (Wildman–Crippen LogP) is 5.54. The summed E-state index contributed by atoms with van der Waals surface area (Å²) in [5.41, 5.74) is 2.69. The van der Waals surface area contributed by atoms with E-state index in [4.69, 9.17) is 16.3 Å². The Hall–Kier alpha value is -3.29. The number of thioether (sulfide) groups is 1. The first kappa shape index (κ1) is 21.9. The Morgan fingerprint density at radius 3 is 2.56 bits per heavy atom. The first-order chi connectivity index (χ1) is 15.6. The topological polar surface area (TPSA) is 69.0 Å². The Balaban J connectivity index is 1.51. The summed E-state index contributed by atoms with van der Waals surface area (Å²) in [7, 11) is 0. The third kappa shape index (κ3) is 5.69. The van der Waals surface area contributed by atoms with Gasteiger partial charge in [0.2, 0.25) is 5.91 Å². The molecule has 1 N–H and O–H groups in total. The molecule has 0 unspecified atom stereocenters. The molecule has 1 amide bonds. The summed E-state index contributed by atoms with van der Waals surface area (Å²) in [6.07, 6.45) is 0. The molecule has 0 atom stereocenters. The van der Waals surface area contributed by atoms with Gasteiger partial charge >= 0.3 is 0 Å². The van der Waals surface area contributed by atoms with E-state index in [1.165, 1.54) is 11.8 Å². The van der Waals surface area contributed by atoms with Crippen LogP contribution in [-0.2, 0) is 11.4 Å². The second-order valence-corrected chi connectivity index (χ2v) is 8.40. The standard InChI is InChI=1S/C24H21ClN4O2S/c1-17-6-5-7-19(14-17)26-23(30)16-32-24-28-27-22(15-31-21-8-3-2-4-9-21)29(24)20-12-10-18(25)11-13-20/h2-14H,15-16H2,1H3,(H,26,30). The van der Waals surface area contributed by atoms with Gasteiger partial charge in [0.05, 0.1) is 5.75 Å². The van der Waals surface area contributed by atoms with Crippen molar-refractivity contribution in [1.82, 2.24) is 14.8 Å². The van der Waals surface area contributed by atoms with Crippen molar-refractivity contribution in [3.8, 4) is 11.4 Å². The number of aryl methyl sites for hydroxylation is 1. The molecule has 4 rings (SSSR count). The van der Waals surface area contributed by atoms with E-state index in [9.17, 15) is 4.79 Å².